The Hall–Kier alpha value is -1.97. The number of nitrogens with zero attached hydrogens (tertiary/aromatic N) is 2. The highest BCUT2D eigenvalue weighted by Gasteiger charge is 2.25. The van der Waals surface area contributed by atoms with Gasteiger partial charge in [0.25, 0.3) is 5.91 Å². The van der Waals surface area contributed by atoms with Gasteiger partial charge in [-0.1, -0.05) is 0 Å². The summed E-state index contributed by atoms with van der Waals surface area (Å²) < 4.78 is 7.24. The normalized spacial score (nSPS) is 14.7. The lowest BCUT2D eigenvalue weighted by atomic mass is 10.3. The highest BCUT2D eigenvalue weighted by molar-refractivity contribution is 6.04. The number of anilines is 1. The van der Waals surface area contributed by atoms with Gasteiger partial charge in [0, 0.05) is 18.8 Å². The molecule has 0 spiro atoms. The maximum absolute atomic E-state index is 12.0. The number of aromatic nitrogens is 1. The lowest BCUT2D eigenvalue weighted by Gasteiger charge is -2.11. The van der Waals surface area contributed by atoms with E-state index < -0.39 is 0 Å². The molecule has 2 aromatic rings. The minimum Gasteiger partial charge on any atom is -0.448 e. The van der Waals surface area contributed by atoms with Crippen LogP contribution in [0.4, 0.5) is 5.88 Å². The zero-order valence-corrected chi connectivity index (χ0v) is 8.30. The largest absolute Gasteiger partial charge is 0.448 e. The summed E-state index contributed by atoms with van der Waals surface area (Å²) in [5.41, 5.74) is 1.73. The summed E-state index contributed by atoms with van der Waals surface area (Å²) >= 11 is 0. The number of amides is 1. The summed E-state index contributed by atoms with van der Waals surface area (Å²) in [7, 11) is 1.73. The molecule has 0 aliphatic carbocycles. The van der Waals surface area contributed by atoms with E-state index in [0.717, 1.165) is 5.56 Å². The van der Waals surface area contributed by atoms with Gasteiger partial charge in [0.15, 0.2) is 0 Å². The summed E-state index contributed by atoms with van der Waals surface area (Å²) in [4.78, 5) is 13.6. The van der Waals surface area contributed by atoms with Crippen molar-refractivity contribution in [3.63, 3.8) is 0 Å². The van der Waals surface area contributed by atoms with Crippen LogP contribution in [0.3, 0.4) is 0 Å². The van der Waals surface area contributed by atoms with Gasteiger partial charge in [0.05, 0.1) is 12.8 Å². The second-order valence-electron chi connectivity index (χ2n) is 3.64. The maximum atomic E-state index is 12.0. The Bertz CT molecular complexity index is 524. The average molecular weight is 202 g/mol. The molecule has 76 valence electrons. The SMILES string of the molecule is CN1C(=O)c2cccn2Cc2ccoc21. The fourth-order valence-corrected chi connectivity index (χ4v) is 1.94. The van der Waals surface area contributed by atoms with Gasteiger partial charge in [-0.3, -0.25) is 9.69 Å². The highest BCUT2D eigenvalue weighted by Crippen LogP contribution is 2.27. The Kier molecular flexibility index (Phi) is 1.54. The number of carbonyl (C=O) groups is 1. The smallest absolute Gasteiger partial charge is 0.276 e. The van der Waals surface area contributed by atoms with Crippen molar-refractivity contribution in [2.45, 2.75) is 6.54 Å². The van der Waals surface area contributed by atoms with Crippen molar-refractivity contribution in [2.24, 2.45) is 0 Å². The molecule has 4 nitrogen and oxygen atoms in total. The predicted molar refractivity (Wildman–Crippen MR) is 55.0 cm³/mol. The van der Waals surface area contributed by atoms with Gasteiger partial charge in [-0.25, -0.2) is 0 Å². The van der Waals surface area contributed by atoms with E-state index in [9.17, 15) is 4.79 Å². The summed E-state index contributed by atoms with van der Waals surface area (Å²) in [5, 5.41) is 0. The molecule has 15 heavy (non-hydrogen) atoms. The van der Waals surface area contributed by atoms with Crippen LogP contribution in [-0.4, -0.2) is 17.5 Å². The van der Waals surface area contributed by atoms with Crippen LogP contribution < -0.4 is 4.90 Å². The van der Waals surface area contributed by atoms with Crippen LogP contribution in [0.15, 0.2) is 35.1 Å². The van der Waals surface area contributed by atoms with Crippen LogP contribution in [0.5, 0.6) is 0 Å². The summed E-state index contributed by atoms with van der Waals surface area (Å²) in [6.45, 7) is 0.685. The molecule has 3 heterocycles. The summed E-state index contributed by atoms with van der Waals surface area (Å²) in [5.74, 6) is 0.609. The maximum Gasteiger partial charge on any atom is 0.276 e. The van der Waals surface area contributed by atoms with Gasteiger partial charge in [0.1, 0.15) is 5.69 Å². The van der Waals surface area contributed by atoms with Crippen molar-refractivity contribution in [1.29, 1.82) is 0 Å². The lowest BCUT2D eigenvalue weighted by Crippen LogP contribution is -2.26. The molecule has 1 aliphatic rings. The monoisotopic (exact) mass is 202 g/mol. The van der Waals surface area contributed by atoms with E-state index >= 15 is 0 Å². The third kappa shape index (κ3) is 1.05. The predicted octanol–water partition coefficient (Wildman–Crippen LogP) is 1.72. The van der Waals surface area contributed by atoms with Crippen molar-refractivity contribution in [2.75, 3.05) is 11.9 Å². The van der Waals surface area contributed by atoms with Crippen LogP contribution in [0, 0.1) is 0 Å². The lowest BCUT2D eigenvalue weighted by molar-refractivity contribution is 0.0983. The molecule has 0 radical (unpaired) electrons. The van der Waals surface area contributed by atoms with Crippen molar-refractivity contribution >= 4 is 11.8 Å². The Morgan fingerprint density at radius 2 is 2.27 bits per heavy atom. The van der Waals surface area contributed by atoms with Gasteiger partial charge in [-0.2, -0.15) is 0 Å². The van der Waals surface area contributed by atoms with E-state index in [1.807, 2.05) is 29.0 Å². The second kappa shape index (κ2) is 2.76. The molecule has 0 aromatic carbocycles. The molecular formula is C11H10N2O2. The Morgan fingerprint density at radius 3 is 3.13 bits per heavy atom. The van der Waals surface area contributed by atoms with Crippen LogP contribution in [0.1, 0.15) is 16.1 Å². The molecule has 0 saturated carbocycles. The van der Waals surface area contributed by atoms with Gasteiger partial charge < -0.3 is 8.98 Å². The Labute approximate surface area is 86.7 Å². The zero-order valence-electron chi connectivity index (χ0n) is 8.30. The van der Waals surface area contributed by atoms with Crippen molar-refractivity contribution in [3.8, 4) is 0 Å². The molecule has 0 atom stereocenters. The Balaban J connectivity index is 2.23. The number of carbonyl (C=O) groups excluding carboxylic acids is 1. The molecule has 0 saturated heterocycles. The quantitative estimate of drug-likeness (QED) is 0.652. The number of hydrogen-bond acceptors (Lipinski definition) is 2. The van der Waals surface area contributed by atoms with Crippen LogP contribution in [0.25, 0.3) is 0 Å². The van der Waals surface area contributed by atoms with Gasteiger partial charge >= 0.3 is 0 Å². The molecule has 3 rings (SSSR count). The fourth-order valence-electron chi connectivity index (χ4n) is 1.94. The van der Waals surface area contributed by atoms with E-state index in [0.29, 0.717) is 18.1 Å². The van der Waals surface area contributed by atoms with Gasteiger partial charge in [-0.15, -0.1) is 0 Å². The number of hydrogen-bond donors (Lipinski definition) is 0. The Morgan fingerprint density at radius 1 is 1.40 bits per heavy atom. The van der Waals surface area contributed by atoms with E-state index in [4.69, 9.17) is 4.42 Å². The molecule has 0 bridgehead atoms. The van der Waals surface area contributed by atoms with E-state index in [1.165, 1.54) is 0 Å². The molecule has 4 heteroatoms. The molecule has 0 fully saturated rings. The second-order valence-corrected chi connectivity index (χ2v) is 3.64. The van der Waals surface area contributed by atoms with Gasteiger partial charge in [0.2, 0.25) is 5.88 Å². The van der Waals surface area contributed by atoms with E-state index in [1.54, 1.807) is 18.2 Å². The molecular weight excluding hydrogens is 192 g/mol. The standard InChI is InChI=1S/C11H10N2O2/c1-12-10(14)9-3-2-5-13(9)7-8-4-6-15-11(8)12/h2-6H,7H2,1H3. The van der Waals surface area contributed by atoms with Crippen molar-refractivity contribution in [3.05, 3.63) is 41.9 Å². The number of fused-ring (bicyclic) bond motifs is 2. The average Bonchev–Trinajstić information content (AvgIpc) is 2.83. The minimum atomic E-state index is -0.0336. The highest BCUT2D eigenvalue weighted by atomic mass is 16.3. The molecule has 1 aliphatic heterocycles. The molecule has 0 unspecified atom stereocenters. The van der Waals surface area contributed by atoms with Crippen molar-refractivity contribution in [1.82, 2.24) is 4.57 Å². The number of furan rings is 1. The summed E-state index contributed by atoms with van der Waals surface area (Å²) in [6.07, 6.45) is 3.52. The fraction of sp³-hybridized carbons (Fsp3) is 0.182. The zero-order chi connectivity index (χ0) is 10.4. The first-order valence-corrected chi connectivity index (χ1v) is 4.77. The van der Waals surface area contributed by atoms with E-state index in [2.05, 4.69) is 0 Å². The first-order valence-electron chi connectivity index (χ1n) is 4.77. The van der Waals surface area contributed by atoms with Crippen LogP contribution >= 0.6 is 0 Å². The minimum absolute atomic E-state index is 0.0336. The third-order valence-electron chi connectivity index (χ3n) is 2.72. The van der Waals surface area contributed by atoms with Crippen molar-refractivity contribution < 1.29 is 9.21 Å². The number of rotatable bonds is 0. The third-order valence-corrected chi connectivity index (χ3v) is 2.72. The van der Waals surface area contributed by atoms with Crippen LogP contribution in [-0.2, 0) is 6.54 Å². The molecule has 0 N–H and O–H groups in total. The topological polar surface area (TPSA) is 38.4 Å². The van der Waals surface area contributed by atoms with Gasteiger partial charge in [-0.05, 0) is 18.2 Å². The van der Waals surface area contributed by atoms with Crippen LogP contribution in [0.2, 0.25) is 0 Å². The first-order chi connectivity index (χ1) is 7.27. The van der Waals surface area contributed by atoms with E-state index in [-0.39, 0.29) is 5.91 Å². The summed E-state index contributed by atoms with van der Waals surface area (Å²) in [6, 6.07) is 5.60. The molecule has 1 amide bonds. The first kappa shape index (κ1) is 8.35. The molecule has 2 aromatic heterocycles.